The molecule has 0 unspecified atom stereocenters. The molecule has 0 heteroatoms. The zero-order valence-electron chi connectivity index (χ0n) is 6.22. The summed E-state index contributed by atoms with van der Waals surface area (Å²) in [5.41, 5.74) is 0.453. The van der Waals surface area contributed by atoms with Crippen molar-refractivity contribution >= 4 is 0 Å². The molecule has 0 aromatic heterocycles. The van der Waals surface area contributed by atoms with Gasteiger partial charge in [0.15, 0.2) is 0 Å². The summed E-state index contributed by atoms with van der Waals surface area (Å²) < 4.78 is 0. The highest BCUT2D eigenvalue weighted by Crippen LogP contribution is 2.29. The van der Waals surface area contributed by atoms with Gasteiger partial charge < -0.3 is 0 Å². The van der Waals surface area contributed by atoms with Crippen molar-refractivity contribution in [2.75, 3.05) is 0 Å². The fourth-order valence-corrected chi connectivity index (χ4v) is 1.03. The Morgan fingerprint density at radius 3 is 2.56 bits per heavy atom. The minimum atomic E-state index is 0.453. The lowest BCUT2D eigenvalue weighted by molar-refractivity contribution is 0.413. The quantitative estimate of drug-likeness (QED) is 0.501. The largest absolute Gasteiger partial charge is 0.0837 e. The van der Waals surface area contributed by atoms with Crippen LogP contribution in [0.25, 0.3) is 0 Å². The Morgan fingerprint density at radius 1 is 1.44 bits per heavy atom. The van der Waals surface area contributed by atoms with Crippen LogP contribution >= 0.6 is 0 Å². The molecule has 0 aromatic rings. The van der Waals surface area contributed by atoms with Gasteiger partial charge in [-0.1, -0.05) is 38.2 Å². The molecule has 1 rings (SSSR count). The molecule has 0 aliphatic heterocycles. The van der Waals surface area contributed by atoms with Crippen LogP contribution in [-0.2, 0) is 0 Å². The number of rotatable bonds is 1. The van der Waals surface area contributed by atoms with Crippen LogP contribution in [-0.4, -0.2) is 0 Å². The third kappa shape index (κ3) is 1.44. The molecule has 0 fully saturated rings. The average Bonchev–Trinajstić information content (AvgIpc) is 1.90. The van der Waals surface area contributed by atoms with E-state index >= 15 is 0 Å². The molecule has 0 heterocycles. The summed E-state index contributed by atoms with van der Waals surface area (Å²) in [6.45, 7) is 4.54. The van der Waals surface area contributed by atoms with Gasteiger partial charge in [0, 0.05) is 0 Å². The lowest BCUT2D eigenvalue weighted by atomic mass is 9.82. The molecule has 0 amide bonds. The first-order valence-corrected chi connectivity index (χ1v) is 3.61. The molecule has 1 atom stereocenters. The first kappa shape index (κ1) is 6.60. The molecule has 0 nitrogen and oxygen atoms in total. The molecule has 0 saturated heterocycles. The molecule has 50 valence electrons. The van der Waals surface area contributed by atoms with Crippen molar-refractivity contribution in [3.05, 3.63) is 24.3 Å². The normalized spacial score (nSPS) is 33.1. The van der Waals surface area contributed by atoms with Crippen LogP contribution < -0.4 is 0 Å². The Kier molecular flexibility index (Phi) is 1.75. The van der Waals surface area contributed by atoms with E-state index in [0.717, 1.165) is 0 Å². The zero-order valence-corrected chi connectivity index (χ0v) is 6.22. The number of allylic oxidation sites excluding steroid dienone is 4. The summed E-state index contributed by atoms with van der Waals surface area (Å²) in [6.07, 6.45) is 11.3. The van der Waals surface area contributed by atoms with Gasteiger partial charge in [0.2, 0.25) is 0 Å². The minimum Gasteiger partial charge on any atom is -0.0837 e. The molecule has 0 N–H and O–H groups in total. The molecule has 1 aliphatic carbocycles. The van der Waals surface area contributed by atoms with Gasteiger partial charge in [0.1, 0.15) is 0 Å². The van der Waals surface area contributed by atoms with E-state index in [4.69, 9.17) is 0 Å². The molecule has 0 aromatic carbocycles. The maximum Gasteiger partial charge on any atom is -0.0111 e. The van der Waals surface area contributed by atoms with Gasteiger partial charge in [-0.2, -0.15) is 0 Å². The molecule has 0 saturated carbocycles. The molecule has 1 aliphatic rings. The molecular weight excluding hydrogens is 108 g/mol. The van der Waals surface area contributed by atoms with E-state index in [1.807, 2.05) is 0 Å². The molecule has 0 spiro atoms. The highest BCUT2D eigenvalue weighted by molar-refractivity contribution is 5.14. The van der Waals surface area contributed by atoms with Gasteiger partial charge in [-0.15, -0.1) is 0 Å². The fourth-order valence-electron chi connectivity index (χ4n) is 1.03. The van der Waals surface area contributed by atoms with Crippen LogP contribution in [0, 0.1) is 5.41 Å². The summed E-state index contributed by atoms with van der Waals surface area (Å²) in [4.78, 5) is 0. The van der Waals surface area contributed by atoms with E-state index in [1.54, 1.807) is 0 Å². The van der Waals surface area contributed by atoms with E-state index in [9.17, 15) is 0 Å². The average molecular weight is 122 g/mol. The topological polar surface area (TPSA) is 0 Å². The number of hydrogen-bond acceptors (Lipinski definition) is 0. The predicted molar refractivity (Wildman–Crippen MR) is 41.3 cm³/mol. The second-order valence-electron chi connectivity index (χ2n) is 3.00. The molecular formula is C9H14. The fraction of sp³-hybridized carbons (Fsp3) is 0.556. The van der Waals surface area contributed by atoms with Crippen LogP contribution in [0.2, 0.25) is 0 Å². The lowest BCUT2D eigenvalue weighted by Crippen LogP contribution is -2.11. The smallest absolute Gasteiger partial charge is 0.0111 e. The molecule has 0 bridgehead atoms. The van der Waals surface area contributed by atoms with Crippen LogP contribution in [0.4, 0.5) is 0 Å². The van der Waals surface area contributed by atoms with Crippen molar-refractivity contribution < 1.29 is 0 Å². The van der Waals surface area contributed by atoms with Crippen LogP contribution in [0.5, 0.6) is 0 Å². The first-order chi connectivity index (χ1) is 4.27. The lowest BCUT2D eigenvalue weighted by Gasteiger charge is -2.23. The van der Waals surface area contributed by atoms with Crippen LogP contribution in [0.15, 0.2) is 24.3 Å². The van der Waals surface area contributed by atoms with Gasteiger partial charge in [-0.25, -0.2) is 0 Å². The van der Waals surface area contributed by atoms with Crippen molar-refractivity contribution in [3.8, 4) is 0 Å². The Labute approximate surface area is 57.3 Å². The van der Waals surface area contributed by atoms with E-state index in [0.29, 0.717) is 5.41 Å². The van der Waals surface area contributed by atoms with Crippen LogP contribution in [0.1, 0.15) is 26.7 Å². The second kappa shape index (κ2) is 2.38. The van der Waals surface area contributed by atoms with Crippen molar-refractivity contribution in [2.24, 2.45) is 5.41 Å². The highest BCUT2D eigenvalue weighted by atomic mass is 14.2. The SMILES string of the molecule is CC[C@@]1(C)C=CC=CC1. The number of hydrogen-bond donors (Lipinski definition) is 0. The maximum atomic E-state index is 2.30. The highest BCUT2D eigenvalue weighted by Gasteiger charge is 2.16. The van der Waals surface area contributed by atoms with Gasteiger partial charge in [-0.3, -0.25) is 0 Å². The van der Waals surface area contributed by atoms with Gasteiger partial charge >= 0.3 is 0 Å². The zero-order chi connectivity index (χ0) is 6.74. The first-order valence-electron chi connectivity index (χ1n) is 3.61. The van der Waals surface area contributed by atoms with Gasteiger partial charge in [0.25, 0.3) is 0 Å². The minimum absolute atomic E-state index is 0.453. The van der Waals surface area contributed by atoms with E-state index in [-0.39, 0.29) is 0 Å². The Balaban J connectivity index is 2.63. The Morgan fingerprint density at radius 2 is 2.22 bits per heavy atom. The summed E-state index contributed by atoms with van der Waals surface area (Å²) in [6, 6.07) is 0. The molecule has 9 heavy (non-hydrogen) atoms. The van der Waals surface area contributed by atoms with Gasteiger partial charge in [0.05, 0.1) is 0 Å². The summed E-state index contributed by atoms with van der Waals surface area (Å²) in [5.74, 6) is 0. The van der Waals surface area contributed by atoms with Gasteiger partial charge in [-0.05, 0) is 18.3 Å². The maximum absolute atomic E-state index is 2.30. The standard InChI is InChI=1S/C9H14/c1-3-9(2)7-5-4-6-8-9/h4-7H,3,8H2,1-2H3/t9-/m0/s1. The van der Waals surface area contributed by atoms with Crippen LogP contribution in [0.3, 0.4) is 0 Å². The predicted octanol–water partition coefficient (Wildman–Crippen LogP) is 2.92. The van der Waals surface area contributed by atoms with Crippen molar-refractivity contribution in [2.45, 2.75) is 26.7 Å². The van der Waals surface area contributed by atoms with Crippen molar-refractivity contribution in [3.63, 3.8) is 0 Å². The van der Waals surface area contributed by atoms with E-state index in [1.165, 1.54) is 12.8 Å². The third-order valence-corrected chi connectivity index (χ3v) is 2.14. The Bertz CT molecular complexity index is 142. The van der Waals surface area contributed by atoms with Crippen molar-refractivity contribution in [1.29, 1.82) is 0 Å². The second-order valence-corrected chi connectivity index (χ2v) is 3.00. The summed E-state index contributed by atoms with van der Waals surface area (Å²) >= 11 is 0. The summed E-state index contributed by atoms with van der Waals surface area (Å²) in [7, 11) is 0. The third-order valence-electron chi connectivity index (χ3n) is 2.14. The summed E-state index contributed by atoms with van der Waals surface area (Å²) in [5, 5.41) is 0. The van der Waals surface area contributed by atoms with Crippen molar-refractivity contribution in [1.82, 2.24) is 0 Å². The van der Waals surface area contributed by atoms with E-state index in [2.05, 4.69) is 38.2 Å². The van der Waals surface area contributed by atoms with E-state index < -0.39 is 0 Å². The monoisotopic (exact) mass is 122 g/mol. The molecule has 0 radical (unpaired) electrons. The Hall–Kier alpha value is -0.520.